The molecule has 25 heavy (non-hydrogen) atoms. The molecular weight excluding hydrogens is 312 g/mol. The molecule has 0 heterocycles. The van der Waals surface area contributed by atoms with Crippen LogP contribution in [0.2, 0.25) is 0 Å². The van der Waals surface area contributed by atoms with Crippen molar-refractivity contribution in [3.8, 4) is 0 Å². The molecule has 3 heteroatoms. The molecule has 0 bridgehead atoms. The van der Waals surface area contributed by atoms with Crippen LogP contribution >= 0.6 is 0 Å². The van der Waals surface area contributed by atoms with Gasteiger partial charge < -0.3 is 15.3 Å². The number of benzene rings is 2. The van der Waals surface area contributed by atoms with Crippen LogP contribution in [-0.2, 0) is 0 Å². The molecule has 128 valence electrons. The van der Waals surface area contributed by atoms with Gasteiger partial charge in [0.15, 0.2) is 0 Å². The molecule has 0 fully saturated rings. The first kappa shape index (κ1) is 16.0. The molecule has 0 saturated heterocycles. The van der Waals surface area contributed by atoms with Gasteiger partial charge in [0, 0.05) is 5.41 Å². The lowest BCUT2D eigenvalue weighted by Crippen LogP contribution is -2.39. The Labute approximate surface area is 147 Å². The van der Waals surface area contributed by atoms with Crippen LogP contribution in [-0.4, -0.2) is 21.9 Å². The van der Waals surface area contributed by atoms with Gasteiger partial charge in [-0.2, -0.15) is 0 Å². The number of aliphatic hydroxyl groups excluding tert-OH is 3. The standard InChI is InChI=1S/C22H22O3/c1-2-22(13-23,20-16-9-5-3-7-14(16)11-18(20)24)21-17-10-6-4-8-15(17)12-19(21)25/h3-12,20-21,23-25H,2,13H2,1H3. The maximum absolute atomic E-state index is 10.8. The highest BCUT2D eigenvalue weighted by atomic mass is 16.3. The molecule has 0 radical (unpaired) electrons. The lowest BCUT2D eigenvalue weighted by atomic mass is 9.61. The molecule has 2 aromatic rings. The van der Waals surface area contributed by atoms with Crippen molar-refractivity contribution in [2.45, 2.75) is 25.2 Å². The topological polar surface area (TPSA) is 60.7 Å². The largest absolute Gasteiger partial charge is 0.512 e. The van der Waals surface area contributed by atoms with E-state index in [2.05, 4.69) is 0 Å². The Morgan fingerprint density at radius 1 is 0.800 bits per heavy atom. The summed E-state index contributed by atoms with van der Waals surface area (Å²) in [5.74, 6) is -0.167. The summed E-state index contributed by atoms with van der Waals surface area (Å²) in [6, 6.07) is 15.7. The van der Waals surface area contributed by atoms with Gasteiger partial charge in [0.25, 0.3) is 0 Å². The van der Waals surface area contributed by atoms with Gasteiger partial charge in [-0.3, -0.25) is 0 Å². The van der Waals surface area contributed by atoms with E-state index in [9.17, 15) is 15.3 Å². The Kier molecular flexibility index (Phi) is 3.69. The quantitative estimate of drug-likeness (QED) is 0.755. The lowest BCUT2D eigenvalue weighted by molar-refractivity contribution is 0.0580. The third-order valence-electron chi connectivity index (χ3n) is 5.91. The van der Waals surface area contributed by atoms with Gasteiger partial charge in [-0.15, -0.1) is 0 Å². The Hall–Kier alpha value is -2.52. The average Bonchev–Trinajstić information content (AvgIpc) is 3.14. The molecule has 3 nitrogen and oxygen atoms in total. The number of hydrogen-bond donors (Lipinski definition) is 3. The van der Waals surface area contributed by atoms with Crippen LogP contribution in [0.25, 0.3) is 12.2 Å². The minimum Gasteiger partial charge on any atom is -0.512 e. The normalized spacial score (nSPS) is 23.4. The monoisotopic (exact) mass is 334 g/mol. The number of aliphatic hydroxyl groups is 3. The Bertz CT molecular complexity index is 805. The molecular formula is C22H22O3. The molecule has 0 aliphatic heterocycles. The zero-order chi connectivity index (χ0) is 17.6. The molecule has 2 atom stereocenters. The Balaban J connectivity index is 1.91. The second-order valence-corrected chi connectivity index (χ2v) is 7.01. The van der Waals surface area contributed by atoms with Crippen LogP contribution in [0.15, 0.2) is 60.0 Å². The predicted molar refractivity (Wildman–Crippen MR) is 99.4 cm³/mol. The van der Waals surface area contributed by atoms with E-state index < -0.39 is 5.41 Å². The second kappa shape index (κ2) is 5.78. The first-order chi connectivity index (χ1) is 12.1. The maximum atomic E-state index is 10.8. The minimum atomic E-state index is -0.708. The number of rotatable bonds is 4. The summed E-state index contributed by atoms with van der Waals surface area (Å²) in [5, 5.41) is 32.0. The molecule has 0 aromatic heterocycles. The van der Waals surface area contributed by atoms with Crippen molar-refractivity contribution in [1.29, 1.82) is 0 Å². The van der Waals surface area contributed by atoms with Crippen molar-refractivity contribution in [1.82, 2.24) is 0 Å². The zero-order valence-corrected chi connectivity index (χ0v) is 14.2. The SMILES string of the molecule is CCC(CO)(C1C(O)=Cc2ccccc21)C1C(O)=Cc2ccccc21. The predicted octanol–water partition coefficient (Wildman–Crippen LogP) is 4.77. The van der Waals surface area contributed by atoms with Crippen LogP contribution < -0.4 is 0 Å². The van der Waals surface area contributed by atoms with Crippen molar-refractivity contribution in [3.05, 3.63) is 82.3 Å². The zero-order valence-electron chi connectivity index (χ0n) is 14.2. The minimum absolute atomic E-state index is 0.128. The van der Waals surface area contributed by atoms with E-state index in [-0.39, 0.29) is 30.0 Å². The number of fused-ring (bicyclic) bond motifs is 2. The fraction of sp³-hybridized carbons (Fsp3) is 0.273. The Morgan fingerprint density at radius 2 is 1.24 bits per heavy atom. The second-order valence-electron chi connectivity index (χ2n) is 7.01. The van der Waals surface area contributed by atoms with Crippen LogP contribution in [0.4, 0.5) is 0 Å². The summed E-state index contributed by atoms with van der Waals surface area (Å²) in [6.45, 7) is 1.88. The summed E-state index contributed by atoms with van der Waals surface area (Å²) in [4.78, 5) is 0. The van der Waals surface area contributed by atoms with Crippen molar-refractivity contribution in [3.63, 3.8) is 0 Å². The van der Waals surface area contributed by atoms with E-state index in [1.165, 1.54) is 0 Å². The highest BCUT2D eigenvalue weighted by Crippen LogP contribution is 2.59. The van der Waals surface area contributed by atoms with E-state index in [4.69, 9.17) is 0 Å². The Morgan fingerprint density at radius 3 is 1.64 bits per heavy atom. The smallest absolute Gasteiger partial charge is 0.101 e. The van der Waals surface area contributed by atoms with Gasteiger partial charge in [-0.05, 0) is 40.8 Å². The van der Waals surface area contributed by atoms with Gasteiger partial charge in [-0.25, -0.2) is 0 Å². The molecule has 4 rings (SSSR count). The highest BCUT2D eigenvalue weighted by Gasteiger charge is 2.52. The average molecular weight is 334 g/mol. The van der Waals surface area contributed by atoms with E-state index in [1.54, 1.807) is 12.2 Å². The maximum Gasteiger partial charge on any atom is 0.101 e. The summed E-state index contributed by atoms with van der Waals surface area (Å²) >= 11 is 0. The summed E-state index contributed by atoms with van der Waals surface area (Å²) in [6.07, 6.45) is 4.18. The van der Waals surface area contributed by atoms with Crippen LogP contribution in [0, 0.1) is 5.41 Å². The van der Waals surface area contributed by atoms with Crippen LogP contribution in [0.5, 0.6) is 0 Å². The number of allylic oxidation sites excluding steroid dienone is 2. The van der Waals surface area contributed by atoms with Crippen LogP contribution in [0.1, 0.15) is 47.4 Å². The lowest BCUT2D eigenvalue weighted by Gasteiger charge is -2.43. The van der Waals surface area contributed by atoms with Crippen molar-refractivity contribution >= 4 is 12.2 Å². The van der Waals surface area contributed by atoms with Crippen molar-refractivity contribution in [2.24, 2.45) is 5.41 Å². The summed E-state index contributed by atoms with van der Waals surface area (Å²) in [7, 11) is 0. The molecule has 2 unspecified atom stereocenters. The fourth-order valence-electron chi connectivity index (χ4n) is 4.69. The summed E-state index contributed by atoms with van der Waals surface area (Å²) < 4.78 is 0. The highest BCUT2D eigenvalue weighted by molar-refractivity contribution is 5.69. The van der Waals surface area contributed by atoms with E-state index in [1.807, 2.05) is 55.5 Å². The summed E-state index contributed by atoms with van der Waals surface area (Å²) in [5.41, 5.74) is 3.26. The molecule has 2 aliphatic carbocycles. The molecule has 2 aromatic carbocycles. The van der Waals surface area contributed by atoms with Gasteiger partial charge in [0.1, 0.15) is 11.5 Å². The molecule has 0 spiro atoms. The van der Waals surface area contributed by atoms with E-state index in [0.717, 1.165) is 22.3 Å². The molecule has 0 amide bonds. The first-order valence-corrected chi connectivity index (χ1v) is 8.72. The van der Waals surface area contributed by atoms with Gasteiger partial charge in [0.2, 0.25) is 0 Å². The molecule has 2 aliphatic rings. The van der Waals surface area contributed by atoms with E-state index in [0.29, 0.717) is 6.42 Å². The van der Waals surface area contributed by atoms with Crippen molar-refractivity contribution in [2.75, 3.05) is 6.61 Å². The van der Waals surface area contributed by atoms with Crippen LogP contribution in [0.3, 0.4) is 0 Å². The number of hydrogen-bond acceptors (Lipinski definition) is 3. The third kappa shape index (κ3) is 2.16. The molecule has 3 N–H and O–H groups in total. The van der Waals surface area contributed by atoms with Crippen molar-refractivity contribution < 1.29 is 15.3 Å². The third-order valence-corrected chi connectivity index (χ3v) is 5.91. The fourth-order valence-corrected chi connectivity index (χ4v) is 4.69. The van der Waals surface area contributed by atoms with Gasteiger partial charge in [-0.1, -0.05) is 55.5 Å². The molecule has 0 saturated carbocycles. The van der Waals surface area contributed by atoms with Gasteiger partial charge in [0.05, 0.1) is 18.4 Å². The van der Waals surface area contributed by atoms with Gasteiger partial charge >= 0.3 is 0 Å². The van der Waals surface area contributed by atoms with E-state index >= 15 is 0 Å². The first-order valence-electron chi connectivity index (χ1n) is 8.72.